The van der Waals surface area contributed by atoms with Gasteiger partial charge in [-0.3, -0.25) is 4.40 Å². The number of hydrogen-bond acceptors (Lipinski definition) is 1. The Balaban J connectivity index is 1.19. The third kappa shape index (κ3) is 4.03. The summed E-state index contributed by atoms with van der Waals surface area (Å²) in [6.45, 7) is 0. The van der Waals surface area contributed by atoms with E-state index in [-0.39, 0.29) is 0 Å². The number of imidazole rings is 1. The SMILES string of the molecule is c1ccc(P(c2ccccc2)c2ccc3cc(-c4ccc5c(c4)c4ccccc4c4nc6ccccc6n54)ccc3c2)cc1. The molecule has 0 fully saturated rings. The van der Waals surface area contributed by atoms with Gasteiger partial charge in [0.1, 0.15) is 5.65 Å². The summed E-state index contributed by atoms with van der Waals surface area (Å²) in [6.07, 6.45) is 0. The molecule has 3 heteroatoms. The molecule has 0 spiro atoms. The van der Waals surface area contributed by atoms with Crippen LogP contribution in [0.2, 0.25) is 0 Å². The number of fused-ring (bicyclic) bond motifs is 9. The number of para-hydroxylation sites is 2. The highest BCUT2D eigenvalue weighted by molar-refractivity contribution is 7.79. The van der Waals surface area contributed by atoms with Crippen LogP contribution in [0.25, 0.3) is 60.3 Å². The first-order valence-corrected chi connectivity index (χ1v) is 16.3. The molecule has 0 unspecified atom stereocenters. The predicted octanol–water partition coefficient (Wildman–Crippen LogP) is 9.37. The Kier molecular flexibility index (Phi) is 5.82. The minimum Gasteiger partial charge on any atom is -0.292 e. The van der Waals surface area contributed by atoms with Crippen molar-refractivity contribution in [1.82, 2.24) is 9.38 Å². The molecule has 44 heavy (non-hydrogen) atoms. The van der Waals surface area contributed by atoms with E-state index in [1.54, 1.807) is 0 Å². The van der Waals surface area contributed by atoms with E-state index in [4.69, 9.17) is 4.98 Å². The average molecular weight is 579 g/mol. The lowest BCUT2D eigenvalue weighted by atomic mass is 9.98. The fourth-order valence-corrected chi connectivity index (χ4v) is 8.97. The van der Waals surface area contributed by atoms with Crippen LogP contribution >= 0.6 is 7.92 Å². The Morgan fingerprint density at radius 3 is 1.82 bits per heavy atom. The molecular formula is C41H27N2P. The summed E-state index contributed by atoms with van der Waals surface area (Å²) in [7, 11) is -0.639. The molecule has 206 valence electrons. The van der Waals surface area contributed by atoms with Gasteiger partial charge in [-0.25, -0.2) is 4.98 Å². The zero-order valence-electron chi connectivity index (χ0n) is 23.9. The van der Waals surface area contributed by atoms with Crippen LogP contribution in [0.15, 0.2) is 164 Å². The molecule has 7 aromatic carbocycles. The van der Waals surface area contributed by atoms with Gasteiger partial charge in [-0.1, -0.05) is 127 Å². The minimum atomic E-state index is -0.639. The van der Waals surface area contributed by atoms with Gasteiger partial charge in [0.25, 0.3) is 0 Å². The van der Waals surface area contributed by atoms with Crippen LogP contribution in [-0.2, 0) is 0 Å². The fourth-order valence-electron chi connectivity index (χ4n) is 6.64. The van der Waals surface area contributed by atoms with Gasteiger partial charge in [0.15, 0.2) is 0 Å². The second-order valence-corrected chi connectivity index (χ2v) is 13.5. The van der Waals surface area contributed by atoms with Crippen LogP contribution in [0.1, 0.15) is 0 Å². The number of rotatable bonds is 4. The Labute approximate surface area is 256 Å². The van der Waals surface area contributed by atoms with E-state index in [0.717, 1.165) is 16.7 Å². The summed E-state index contributed by atoms with van der Waals surface area (Å²) >= 11 is 0. The first-order valence-electron chi connectivity index (χ1n) is 15.0. The average Bonchev–Trinajstić information content (AvgIpc) is 3.49. The number of pyridine rings is 1. The van der Waals surface area contributed by atoms with Crippen molar-refractivity contribution in [3.8, 4) is 11.1 Å². The van der Waals surface area contributed by atoms with Gasteiger partial charge in [0, 0.05) is 10.8 Å². The van der Waals surface area contributed by atoms with Gasteiger partial charge in [-0.15, -0.1) is 0 Å². The second-order valence-electron chi connectivity index (χ2n) is 11.3. The standard InChI is InChI=1S/C41H27N2P/c1-3-11-32(12-4-1)44(33-13-5-2-6-14-33)34-23-21-29-25-28(19-20-30(29)26-34)31-22-24-39-37(27-31)35-15-7-8-16-36(35)41-42-38-17-9-10-18-40(38)43(39)41/h1-27H. The molecule has 2 nitrogen and oxygen atoms in total. The van der Waals surface area contributed by atoms with E-state index >= 15 is 0 Å². The van der Waals surface area contributed by atoms with Crippen molar-refractivity contribution in [3.63, 3.8) is 0 Å². The van der Waals surface area contributed by atoms with Crippen molar-refractivity contribution >= 4 is 73.0 Å². The maximum atomic E-state index is 5.03. The Morgan fingerprint density at radius 2 is 1.02 bits per heavy atom. The number of aromatic nitrogens is 2. The molecule has 9 rings (SSSR count). The van der Waals surface area contributed by atoms with Gasteiger partial charge in [-0.2, -0.15) is 0 Å². The van der Waals surface area contributed by atoms with Crippen LogP contribution in [0.5, 0.6) is 0 Å². The van der Waals surface area contributed by atoms with Gasteiger partial charge < -0.3 is 0 Å². The molecule has 0 saturated carbocycles. The van der Waals surface area contributed by atoms with E-state index in [1.807, 2.05) is 0 Å². The smallest absolute Gasteiger partial charge is 0.146 e. The van der Waals surface area contributed by atoms with E-state index < -0.39 is 7.92 Å². The number of benzene rings is 7. The first kappa shape index (κ1) is 25.2. The third-order valence-electron chi connectivity index (χ3n) is 8.70. The fraction of sp³-hybridized carbons (Fsp3) is 0. The highest BCUT2D eigenvalue weighted by Gasteiger charge is 2.17. The van der Waals surface area contributed by atoms with Gasteiger partial charge >= 0.3 is 0 Å². The molecule has 0 aliphatic heterocycles. The van der Waals surface area contributed by atoms with Gasteiger partial charge in [0.05, 0.1) is 16.6 Å². The van der Waals surface area contributed by atoms with Crippen LogP contribution in [0.4, 0.5) is 0 Å². The molecule has 0 N–H and O–H groups in total. The van der Waals surface area contributed by atoms with Crippen molar-refractivity contribution in [2.45, 2.75) is 0 Å². The molecule has 0 bridgehead atoms. The van der Waals surface area contributed by atoms with Crippen molar-refractivity contribution in [1.29, 1.82) is 0 Å². The molecular weight excluding hydrogens is 551 g/mol. The number of hydrogen-bond donors (Lipinski definition) is 0. The lowest BCUT2D eigenvalue weighted by molar-refractivity contribution is 1.31. The lowest BCUT2D eigenvalue weighted by Gasteiger charge is -2.20. The van der Waals surface area contributed by atoms with Crippen LogP contribution in [0.3, 0.4) is 0 Å². The molecule has 0 saturated heterocycles. The first-order chi connectivity index (χ1) is 21.8. The zero-order valence-corrected chi connectivity index (χ0v) is 24.8. The molecule has 2 heterocycles. The van der Waals surface area contributed by atoms with Crippen LogP contribution < -0.4 is 15.9 Å². The van der Waals surface area contributed by atoms with Gasteiger partial charge in [0.2, 0.25) is 0 Å². The molecule has 2 aromatic heterocycles. The predicted molar refractivity (Wildman–Crippen MR) is 189 cm³/mol. The van der Waals surface area contributed by atoms with Crippen LogP contribution in [0, 0.1) is 0 Å². The molecule has 0 radical (unpaired) electrons. The largest absolute Gasteiger partial charge is 0.292 e. The Morgan fingerprint density at radius 1 is 0.409 bits per heavy atom. The van der Waals surface area contributed by atoms with Crippen molar-refractivity contribution < 1.29 is 0 Å². The molecule has 0 aliphatic rings. The van der Waals surface area contributed by atoms with Gasteiger partial charge in [-0.05, 0) is 87.5 Å². The molecule has 9 aromatic rings. The minimum absolute atomic E-state index is 0.639. The van der Waals surface area contributed by atoms with Crippen molar-refractivity contribution in [3.05, 3.63) is 164 Å². The van der Waals surface area contributed by atoms with Crippen molar-refractivity contribution in [2.75, 3.05) is 0 Å². The van der Waals surface area contributed by atoms with E-state index in [2.05, 4.69) is 168 Å². The van der Waals surface area contributed by atoms with E-state index in [0.29, 0.717) is 0 Å². The lowest BCUT2D eigenvalue weighted by Crippen LogP contribution is -2.20. The summed E-state index contributed by atoms with van der Waals surface area (Å²) in [4.78, 5) is 5.03. The molecule has 0 amide bonds. The molecule has 0 atom stereocenters. The maximum absolute atomic E-state index is 5.03. The third-order valence-corrected chi connectivity index (χ3v) is 11.1. The Hall–Kier alpha value is -5.30. The topological polar surface area (TPSA) is 17.3 Å². The molecule has 0 aliphatic carbocycles. The maximum Gasteiger partial charge on any atom is 0.146 e. The van der Waals surface area contributed by atoms with Crippen LogP contribution in [-0.4, -0.2) is 9.38 Å². The number of nitrogens with zero attached hydrogens (tertiary/aromatic N) is 2. The summed E-state index contributed by atoms with van der Waals surface area (Å²) in [5, 5.41) is 10.3. The van der Waals surface area contributed by atoms with E-state index in [9.17, 15) is 0 Å². The monoisotopic (exact) mass is 578 g/mol. The summed E-state index contributed by atoms with van der Waals surface area (Å²) in [5.74, 6) is 0. The quantitative estimate of drug-likeness (QED) is 0.150. The highest BCUT2D eigenvalue weighted by atomic mass is 31.1. The normalized spacial score (nSPS) is 11.8. The summed E-state index contributed by atoms with van der Waals surface area (Å²) in [6, 6.07) is 59.7. The highest BCUT2D eigenvalue weighted by Crippen LogP contribution is 2.37. The summed E-state index contributed by atoms with van der Waals surface area (Å²) in [5.41, 5.74) is 6.78. The Bertz CT molecular complexity index is 2460. The second kappa shape index (κ2) is 10.2. The zero-order chi connectivity index (χ0) is 29.0. The van der Waals surface area contributed by atoms with E-state index in [1.165, 1.54) is 59.5 Å². The van der Waals surface area contributed by atoms with Crippen molar-refractivity contribution in [2.24, 2.45) is 0 Å². The summed E-state index contributed by atoms with van der Waals surface area (Å²) < 4.78 is 2.32.